The van der Waals surface area contributed by atoms with Crippen molar-refractivity contribution in [2.45, 2.75) is 36.9 Å². The topological polar surface area (TPSA) is 44.5 Å². The molecule has 2 saturated heterocycles. The van der Waals surface area contributed by atoms with Crippen LogP contribution in [0.1, 0.15) is 19.3 Å². The van der Waals surface area contributed by atoms with Gasteiger partial charge in [0.1, 0.15) is 0 Å². The lowest BCUT2D eigenvalue weighted by Crippen LogP contribution is -2.23. The summed E-state index contributed by atoms with van der Waals surface area (Å²) in [5.41, 5.74) is 5.47. The highest BCUT2D eigenvalue weighted by Gasteiger charge is 2.34. The molecule has 0 saturated carbocycles. The minimum absolute atomic E-state index is 0.0454. The maximum Gasteiger partial charge on any atom is 0.169 e. The fourth-order valence-electron chi connectivity index (χ4n) is 1.82. The van der Waals surface area contributed by atoms with Crippen LogP contribution in [-0.4, -0.2) is 36.5 Å². The lowest BCUT2D eigenvalue weighted by molar-refractivity contribution is -0.0578. The summed E-state index contributed by atoms with van der Waals surface area (Å²) in [6, 6.07) is 0. The van der Waals surface area contributed by atoms with E-state index in [2.05, 4.69) is 0 Å². The van der Waals surface area contributed by atoms with Gasteiger partial charge < -0.3 is 15.2 Å². The van der Waals surface area contributed by atoms with Gasteiger partial charge in [-0.15, -0.1) is 0 Å². The van der Waals surface area contributed by atoms with E-state index < -0.39 is 0 Å². The Kier molecular flexibility index (Phi) is 3.49. The van der Waals surface area contributed by atoms with E-state index in [0.29, 0.717) is 11.8 Å². The molecule has 0 aromatic heterocycles. The number of hydrogen-bond acceptors (Lipinski definition) is 4. The average molecular weight is 203 g/mol. The maximum absolute atomic E-state index is 5.76. The van der Waals surface area contributed by atoms with Crippen molar-refractivity contribution in [3.8, 4) is 0 Å². The molecular weight excluding hydrogens is 186 g/mol. The van der Waals surface area contributed by atoms with Crippen LogP contribution >= 0.6 is 11.8 Å². The first-order valence-corrected chi connectivity index (χ1v) is 6.04. The van der Waals surface area contributed by atoms with Crippen LogP contribution in [0.4, 0.5) is 0 Å². The van der Waals surface area contributed by atoms with E-state index >= 15 is 0 Å². The zero-order chi connectivity index (χ0) is 9.10. The van der Waals surface area contributed by atoms with Gasteiger partial charge in [0, 0.05) is 0 Å². The monoisotopic (exact) mass is 203 g/mol. The highest BCUT2D eigenvalue weighted by Crippen LogP contribution is 2.33. The van der Waals surface area contributed by atoms with E-state index in [1.54, 1.807) is 0 Å². The Hall–Kier alpha value is 0.230. The van der Waals surface area contributed by atoms with Crippen molar-refractivity contribution in [2.24, 2.45) is 5.73 Å². The summed E-state index contributed by atoms with van der Waals surface area (Å²) in [7, 11) is 0. The van der Waals surface area contributed by atoms with Gasteiger partial charge in [0.25, 0.3) is 0 Å². The van der Waals surface area contributed by atoms with E-state index in [4.69, 9.17) is 15.2 Å². The molecular formula is C9H17NO2S. The summed E-state index contributed by atoms with van der Waals surface area (Å²) in [4.78, 5) is 0. The first-order chi connectivity index (χ1) is 6.40. The molecule has 2 heterocycles. The second kappa shape index (κ2) is 4.64. The Morgan fingerprint density at radius 2 is 2.38 bits per heavy atom. The molecule has 3 atom stereocenters. The number of ether oxygens (including phenoxy) is 2. The molecule has 0 bridgehead atoms. The first kappa shape index (κ1) is 9.77. The van der Waals surface area contributed by atoms with Crippen LogP contribution < -0.4 is 5.73 Å². The van der Waals surface area contributed by atoms with Crippen LogP contribution in [0.2, 0.25) is 0 Å². The normalized spacial score (nSPS) is 39.9. The van der Waals surface area contributed by atoms with Crippen molar-refractivity contribution in [3.05, 3.63) is 0 Å². The standard InChI is InChI=1S/C9H17NO2S/c10-4-3-7-6-11-9(12-7)8-2-1-5-13-8/h7-9H,1-6,10H2. The summed E-state index contributed by atoms with van der Waals surface area (Å²) >= 11 is 1.98. The predicted molar refractivity (Wildman–Crippen MR) is 53.8 cm³/mol. The van der Waals surface area contributed by atoms with Gasteiger partial charge in [0.2, 0.25) is 0 Å². The Labute approximate surface area is 83.3 Å². The third kappa shape index (κ3) is 2.37. The van der Waals surface area contributed by atoms with Gasteiger partial charge in [-0.25, -0.2) is 0 Å². The molecule has 0 aromatic rings. The molecule has 0 aromatic carbocycles. The van der Waals surface area contributed by atoms with Crippen molar-refractivity contribution in [2.75, 3.05) is 18.9 Å². The zero-order valence-electron chi connectivity index (χ0n) is 7.78. The molecule has 2 rings (SSSR count). The molecule has 2 fully saturated rings. The van der Waals surface area contributed by atoms with Gasteiger partial charge in [-0.05, 0) is 31.6 Å². The number of hydrogen-bond donors (Lipinski definition) is 1. The number of thioether (sulfide) groups is 1. The Balaban J connectivity index is 1.76. The van der Waals surface area contributed by atoms with Crippen LogP contribution in [-0.2, 0) is 9.47 Å². The Morgan fingerprint density at radius 3 is 3.08 bits per heavy atom. The summed E-state index contributed by atoms with van der Waals surface area (Å²) in [6.45, 7) is 1.43. The van der Waals surface area contributed by atoms with Crippen molar-refractivity contribution in [1.29, 1.82) is 0 Å². The fourth-order valence-corrected chi connectivity index (χ4v) is 3.09. The van der Waals surface area contributed by atoms with E-state index in [9.17, 15) is 0 Å². The molecule has 13 heavy (non-hydrogen) atoms. The Morgan fingerprint density at radius 1 is 1.46 bits per heavy atom. The van der Waals surface area contributed by atoms with Crippen molar-refractivity contribution >= 4 is 11.8 Å². The molecule has 2 aliphatic heterocycles. The van der Waals surface area contributed by atoms with Crippen molar-refractivity contribution in [3.63, 3.8) is 0 Å². The van der Waals surface area contributed by atoms with Gasteiger partial charge in [-0.1, -0.05) is 0 Å². The minimum Gasteiger partial charge on any atom is -0.349 e. The summed E-state index contributed by atoms with van der Waals surface area (Å²) < 4.78 is 11.4. The van der Waals surface area contributed by atoms with Gasteiger partial charge in [-0.2, -0.15) is 11.8 Å². The summed E-state index contributed by atoms with van der Waals surface area (Å²) in [5, 5.41) is 0.572. The van der Waals surface area contributed by atoms with Crippen LogP contribution in [0.25, 0.3) is 0 Å². The Bertz CT molecular complexity index is 162. The molecule has 0 aliphatic carbocycles. The molecule has 4 heteroatoms. The largest absolute Gasteiger partial charge is 0.349 e. The number of nitrogens with two attached hydrogens (primary N) is 1. The van der Waals surface area contributed by atoms with Gasteiger partial charge in [0.15, 0.2) is 6.29 Å². The molecule has 0 amide bonds. The third-order valence-electron chi connectivity index (χ3n) is 2.53. The molecule has 2 aliphatic rings. The van der Waals surface area contributed by atoms with Crippen LogP contribution in [0.15, 0.2) is 0 Å². The van der Waals surface area contributed by atoms with Gasteiger partial charge in [-0.3, -0.25) is 0 Å². The van der Waals surface area contributed by atoms with E-state index in [1.165, 1.54) is 18.6 Å². The van der Waals surface area contributed by atoms with Crippen LogP contribution in [0.5, 0.6) is 0 Å². The van der Waals surface area contributed by atoms with Gasteiger partial charge >= 0.3 is 0 Å². The first-order valence-electron chi connectivity index (χ1n) is 4.99. The van der Waals surface area contributed by atoms with Crippen molar-refractivity contribution in [1.82, 2.24) is 0 Å². The molecule has 76 valence electrons. The molecule has 0 radical (unpaired) electrons. The van der Waals surface area contributed by atoms with Crippen LogP contribution in [0.3, 0.4) is 0 Å². The molecule has 0 spiro atoms. The van der Waals surface area contributed by atoms with E-state index in [0.717, 1.165) is 13.0 Å². The van der Waals surface area contributed by atoms with Crippen LogP contribution in [0, 0.1) is 0 Å². The lowest BCUT2D eigenvalue weighted by Gasteiger charge is -2.16. The maximum atomic E-state index is 5.76. The van der Waals surface area contributed by atoms with Crippen molar-refractivity contribution < 1.29 is 9.47 Å². The predicted octanol–water partition coefficient (Wildman–Crippen LogP) is 0.972. The molecule has 3 nitrogen and oxygen atoms in total. The van der Waals surface area contributed by atoms with E-state index in [1.807, 2.05) is 11.8 Å². The molecule has 2 N–H and O–H groups in total. The highest BCUT2D eigenvalue weighted by molar-refractivity contribution is 8.00. The minimum atomic E-state index is 0.0454. The van der Waals surface area contributed by atoms with Gasteiger partial charge in [0.05, 0.1) is 18.0 Å². The molecule has 3 unspecified atom stereocenters. The second-order valence-electron chi connectivity index (χ2n) is 3.59. The fraction of sp³-hybridized carbons (Fsp3) is 1.00. The van der Waals surface area contributed by atoms with E-state index in [-0.39, 0.29) is 12.4 Å². The average Bonchev–Trinajstić information content (AvgIpc) is 2.70. The lowest BCUT2D eigenvalue weighted by atomic mass is 10.2. The second-order valence-corrected chi connectivity index (χ2v) is 4.94. The number of rotatable bonds is 3. The SMILES string of the molecule is NCCC1COC(C2CCCS2)O1. The highest BCUT2D eigenvalue weighted by atomic mass is 32.2. The quantitative estimate of drug-likeness (QED) is 0.742. The summed E-state index contributed by atoms with van der Waals surface area (Å²) in [5.74, 6) is 1.26. The third-order valence-corrected chi connectivity index (χ3v) is 3.94. The smallest absolute Gasteiger partial charge is 0.169 e. The zero-order valence-corrected chi connectivity index (χ0v) is 8.59. The summed E-state index contributed by atoms with van der Waals surface area (Å²) in [6.07, 6.45) is 3.76.